The van der Waals surface area contributed by atoms with Gasteiger partial charge in [-0.2, -0.15) is 0 Å². The quantitative estimate of drug-likeness (QED) is 0.643. The molecule has 0 aliphatic rings. The van der Waals surface area contributed by atoms with Crippen molar-refractivity contribution in [2.24, 2.45) is 11.7 Å². The molecule has 16 heavy (non-hydrogen) atoms. The van der Waals surface area contributed by atoms with Crippen LogP contribution in [-0.4, -0.2) is 42.9 Å². The fourth-order valence-corrected chi connectivity index (χ4v) is 1.45. The van der Waals surface area contributed by atoms with Crippen LogP contribution in [0.1, 0.15) is 27.2 Å². The molecule has 1 atom stereocenters. The van der Waals surface area contributed by atoms with E-state index in [-0.39, 0.29) is 24.3 Å². The van der Waals surface area contributed by atoms with Gasteiger partial charge in [-0.15, -0.1) is 0 Å². The molecule has 0 aliphatic heterocycles. The first-order valence-corrected chi connectivity index (χ1v) is 5.86. The van der Waals surface area contributed by atoms with E-state index >= 15 is 0 Å². The lowest BCUT2D eigenvalue weighted by atomic mass is 10.1. The van der Waals surface area contributed by atoms with Crippen molar-refractivity contribution in [2.45, 2.75) is 27.2 Å². The summed E-state index contributed by atoms with van der Waals surface area (Å²) in [6, 6.07) is 0. The van der Waals surface area contributed by atoms with E-state index in [9.17, 15) is 9.59 Å². The monoisotopic (exact) mass is 229 g/mol. The highest BCUT2D eigenvalue weighted by Crippen LogP contribution is 1.99. The summed E-state index contributed by atoms with van der Waals surface area (Å²) in [4.78, 5) is 24.8. The molecular weight excluding hydrogens is 206 g/mol. The maximum absolute atomic E-state index is 11.6. The first-order chi connectivity index (χ1) is 7.60. The van der Waals surface area contributed by atoms with Crippen LogP contribution >= 0.6 is 0 Å². The number of carbonyl (C=O) groups excluding carboxylic acids is 2. The van der Waals surface area contributed by atoms with Crippen LogP contribution in [0.25, 0.3) is 0 Å². The summed E-state index contributed by atoms with van der Waals surface area (Å²) in [5.41, 5.74) is 5.45. The predicted molar refractivity (Wildman–Crippen MR) is 63.8 cm³/mol. The second-order valence-electron chi connectivity index (χ2n) is 3.62. The Kier molecular flexibility index (Phi) is 7.54. The highest BCUT2D eigenvalue weighted by molar-refractivity contribution is 5.85. The van der Waals surface area contributed by atoms with Crippen LogP contribution in [0.5, 0.6) is 0 Å². The summed E-state index contributed by atoms with van der Waals surface area (Å²) in [5, 5.41) is 2.62. The standard InChI is InChI=1S/C11H23N3O2/c1-4-9(7-12)11(16)13-8-10(15)14(5-2)6-3/h9H,4-8,12H2,1-3H3,(H,13,16). The van der Waals surface area contributed by atoms with Gasteiger partial charge >= 0.3 is 0 Å². The van der Waals surface area contributed by atoms with Crippen molar-refractivity contribution in [2.75, 3.05) is 26.2 Å². The fraction of sp³-hybridized carbons (Fsp3) is 0.818. The van der Waals surface area contributed by atoms with E-state index in [0.717, 1.165) is 0 Å². The second-order valence-corrected chi connectivity index (χ2v) is 3.62. The number of nitrogens with two attached hydrogens (primary N) is 1. The summed E-state index contributed by atoms with van der Waals surface area (Å²) in [6.45, 7) is 7.45. The van der Waals surface area contributed by atoms with E-state index in [1.807, 2.05) is 20.8 Å². The van der Waals surface area contributed by atoms with Crippen LogP contribution in [0.3, 0.4) is 0 Å². The van der Waals surface area contributed by atoms with E-state index in [2.05, 4.69) is 5.32 Å². The molecule has 1 unspecified atom stereocenters. The Morgan fingerprint density at radius 1 is 1.25 bits per heavy atom. The molecule has 2 amide bonds. The van der Waals surface area contributed by atoms with Crippen molar-refractivity contribution < 1.29 is 9.59 Å². The number of likely N-dealkylation sites (N-methyl/N-ethyl adjacent to an activating group) is 1. The third-order valence-corrected chi connectivity index (χ3v) is 2.68. The molecule has 5 nitrogen and oxygen atoms in total. The van der Waals surface area contributed by atoms with Crippen molar-refractivity contribution in [1.82, 2.24) is 10.2 Å². The van der Waals surface area contributed by atoms with Crippen LogP contribution in [0.15, 0.2) is 0 Å². The number of amides is 2. The Morgan fingerprint density at radius 3 is 2.19 bits per heavy atom. The van der Waals surface area contributed by atoms with Crippen molar-refractivity contribution >= 4 is 11.8 Å². The zero-order chi connectivity index (χ0) is 12.6. The van der Waals surface area contributed by atoms with Crippen LogP contribution in [0.4, 0.5) is 0 Å². The third kappa shape index (κ3) is 4.61. The highest BCUT2D eigenvalue weighted by Gasteiger charge is 2.16. The Labute approximate surface area is 97.4 Å². The maximum Gasteiger partial charge on any atom is 0.241 e. The molecule has 0 bridgehead atoms. The Balaban J connectivity index is 4.04. The van der Waals surface area contributed by atoms with Crippen molar-refractivity contribution in [3.8, 4) is 0 Å². The van der Waals surface area contributed by atoms with E-state index in [1.165, 1.54) is 0 Å². The van der Waals surface area contributed by atoms with Crippen LogP contribution in [0, 0.1) is 5.92 Å². The average Bonchev–Trinajstić information content (AvgIpc) is 2.29. The fourth-order valence-electron chi connectivity index (χ4n) is 1.45. The van der Waals surface area contributed by atoms with Crippen molar-refractivity contribution in [3.63, 3.8) is 0 Å². The van der Waals surface area contributed by atoms with E-state index in [4.69, 9.17) is 5.73 Å². The van der Waals surface area contributed by atoms with Gasteiger partial charge in [0.25, 0.3) is 0 Å². The van der Waals surface area contributed by atoms with Gasteiger partial charge in [0.05, 0.1) is 6.54 Å². The molecule has 0 saturated carbocycles. The van der Waals surface area contributed by atoms with Crippen LogP contribution in [0.2, 0.25) is 0 Å². The number of rotatable bonds is 7. The molecule has 0 aromatic heterocycles. The molecule has 0 radical (unpaired) electrons. The Morgan fingerprint density at radius 2 is 1.81 bits per heavy atom. The summed E-state index contributed by atoms with van der Waals surface area (Å²) in [6.07, 6.45) is 0.696. The number of carbonyl (C=O) groups is 2. The molecule has 0 rings (SSSR count). The highest BCUT2D eigenvalue weighted by atomic mass is 16.2. The first kappa shape index (κ1) is 14.9. The predicted octanol–water partition coefficient (Wildman–Crippen LogP) is -0.0441. The minimum atomic E-state index is -0.190. The maximum atomic E-state index is 11.6. The van der Waals surface area contributed by atoms with Gasteiger partial charge in [0.15, 0.2) is 0 Å². The minimum Gasteiger partial charge on any atom is -0.347 e. The number of hydrogen-bond donors (Lipinski definition) is 2. The zero-order valence-corrected chi connectivity index (χ0v) is 10.5. The first-order valence-electron chi connectivity index (χ1n) is 5.86. The van der Waals surface area contributed by atoms with Crippen LogP contribution < -0.4 is 11.1 Å². The van der Waals surface area contributed by atoms with Gasteiger partial charge in [0, 0.05) is 25.6 Å². The normalized spacial score (nSPS) is 12.0. The largest absolute Gasteiger partial charge is 0.347 e. The molecule has 0 saturated heterocycles. The minimum absolute atomic E-state index is 0.0507. The SMILES string of the molecule is CCC(CN)C(=O)NCC(=O)N(CC)CC. The average molecular weight is 229 g/mol. The molecule has 0 heterocycles. The lowest BCUT2D eigenvalue weighted by Crippen LogP contribution is -2.43. The topological polar surface area (TPSA) is 75.4 Å². The summed E-state index contributed by atoms with van der Waals surface area (Å²) >= 11 is 0. The molecule has 0 aromatic carbocycles. The Hall–Kier alpha value is -1.10. The summed E-state index contributed by atoms with van der Waals surface area (Å²) in [7, 11) is 0. The second kappa shape index (κ2) is 8.10. The summed E-state index contributed by atoms with van der Waals surface area (Å²) < 4.78 is 0. The number of nitrogens with one attached hydrogen (secondary N) is 1. The van der Waals surface area contributed by atoms with Gasteiger partial charge in [0.2, 0.25) is 11.8 Å². The number of nitrogens with zero attached hydrogens (tertiary/aromatic N) is 1. The smallest absolute Gasteiger partial charge is 0.241 e. The lowest BCUT2D eigenvalue weighted by molar-refractivity contribution is -0.133. The Bertz CT molecular complexity index is 199. The molecule has 94 valence electrons. The van der Waals surface area contributed by atoms with E-state index in [1.54, 1.807) is 4.90 Å². The van der Waals surface area contributed by atoms with Crippen molar-refractivity contribution in [1.29, 1.82) is 0 Å². The lowest BCUT2D eigenvalue weighted by Gasteiger charge is -2.19. The molecule has 0 aliphatic carbocycles. The zero-order valence-electron chi connectivity index (χ0n) is 10.5. The van der Waals surface area contributed by atoms with Crippen molar-refractivity contribution in [3.05, 3.63) is 0 Å². The molecule has 5 heteroatoms. The van der Waals surface area contributed by atoms with Gasteiger partial charge in [-0.25, -0.2) is 0 Å². The van der Waals surface area contributed by atoms with Crippen LogP contribution in [-0.2, 0) is 9.59 Å². The molecule has 0 spiro atoms. The van der Waals surface area contributed by atoms with E-state index < -0.39 is 0 Å². The third-order valence-electron chi connectivity index (χ3n) is 2.68. The molecule has 0 fully saturated rings. The van der Waals surface area contributed by atoms with Gasteiger partial charge in [-0.05, 0) is 20.3 Å². The van der Waals surface area contributed by atoms with Gasteiger partial charge in [-0.1, -0.05) is 6.92 Å². The molecule has 0 aromatic rings. The van der Waals surface area contributed by atoms with Gasteiger partial charge in [-0.3, -0.25) is 9.59 Å². The number of hydrogen-bond acceptors (Lipinski definition) is 3. The summed E-state index contributed by atoms with van der Waals surface area (Å²) in [5.74, 6) is -0.375. The molecule has 3 N–H and O–H groups in total. The van der Waals surface area contributed by atoms with E-state index in [0.29, 0.717) is 26.1 Å². The van der Waals surface area contributed by atoms with Gasteiger partial charge in [0.1, 0.15) is 0 Å². The van der Waals surface area contributed by atoms with Gasteiger partial charge < -0.3 is 16.0 Å². The molecular formula is C11H23N3O2.